The van der Waals surface area contributed by atoms with Crippen LogP contribution in [0.1, 0.15) is 22.9 Å². The first-order chi connectivity index (χ1) is 11.7. The third-order valence-electron chi connectivity index (χ3n) is 3.58. The number of aliphatic hydroxyl groups is 1. The number of nitrogens with zero attached hydrogens (tertiary/aromatic N) is 2. The highest BCUT2D eigenvalue weighted by atomic mass is 35.5. The van der Waals surface area contributed by atoms with Crippen molar-refractivity contribution in [2.45, 2.75) is 19.1 Å². The maximum atomic E-state index is 10.4. The number of aromatic nitrogens is 2. The molecule has 0 aliphatic carbocycles. The van der Waals surface area contributed by atoms with Gasteiger partial charge in [0.05, 0.1) is 6.10 Å². The number of rotatable bonds is 6. The van der Waals surface area contributed by atoms with Gasteiger partial charge >= 0.3 is 0 Å². The lowest BCUT2D eigenvalue weighted by molar-refractivity contribution is 0.176. The van der Waals surface area contributed by atoms with Gasteiger partial charge in [-0.25, -0.2) is 9.97 Å². The van der Waals surface area contributed by atoms with E-state index >= 15 is 0 Å². The van der Waals surface area contributed by atoms with E-state index in [0.29, 0.717) is 18.7 Å². The van der Waals surface area contributed by atoms with E-state index in [-0.39, 0.29) is 5.28 Å². The van der Waals surface area contributed by atoms with Crippen molar-refractivity contribution in [3.63, 3.8) is 0 Å². The highest BCUT2D eigenvalue weighted by molar-refractivity contribution is 6.28. The molecule has 0 spiro atoms. The Hall–Kier alpha value is -2.43. The number of hydrogen-bond acceptors (Lipinski definition) is 4. The number of hydrogen-bond donors (Lipinski definition) is 1. The molecule has 0 aliphatic heterocycles. The molecule has 1 atom stereocenters. The van der Waals surface area contributed by atoms with Crippen LogP contribution in [0.2, 0.25) is 5.28 Å². The van der Waals surface area contributed by atoms with Crippen LogP contribution < -0.4 is 4.74 Å². The smallest absolute Gasteiger partial charge is 0.222 e. The van der Waals surface area contributed by atoms with E-state index in [2.05, 4.69) is 9.97 Å². The van der Waals surface area contributed by atoms with Gasteiger partial charge in [0.1, 0.15) is 12.4 Å². The quantitative estimate of drug-likeness (QED) is 0.689. The summed E-state index contributed by atoms with van der Waals surface area (Å²) in [6.45, 7) is 0.488. The maximum Gasteiger partial charge on any atom is 0.222 e. The SMILES string of the molecule is OC(Cc1ccnc(Cl)n1)c1cccc(OCc2ccccc2)c1. The fourth-order valence-corrected chi connectivity index (χ4v) is 2.52. The predicted molar refractivity (Wildman–Crippen MR) is 92.9 cm³/mol. The van der Waals surface area contributed by atoms with Gasteiger partial charge in [-0.1, -0.05) is 42.5 Å². The summed E-state index contributed by atoms with van der Waals surface area (Å²) < 4.78 is 5.79. The molecule has 0 radical (unpaired) electrons. The van der Waals surface area contributed by atoms with Crippen molar-refractivity contribution in [3.05, 3.63) is 89.0 Å². The fraction of sp³-hybridized carbons (Fsp3) is 0.158. The Bertz CT molecular complexity index is 796. The van der Waals surface area contributed by atoms with Crippen molar-refractivity contribution in [2.24, 2.45) is 0 Å². The minimum Gasteiger partial charge on any atom is -0.489 e. The number of ether oxygens (including phenoxy) is 1. The lowest BCUT2D eigenvalue weighted by Crippen LogP contribution is -2.04. The Morgan fingerprint density at radius 3 is 2.67 bits per heavy atom. The molecule has 2 aromatic carbocycles. The van der Waals surface area contributed by atoms with Gasteiger partial charge < -0.3 is 9.84 Å². The van der Waals surface area contributed by atoms with Gasteiger partial charge in [0, 0.05) is 18.3 Å². The third kappa shape index (κ3) is 4.54. The molecule has 1 heterocycles. The maximum absolute atomic E-state index is 10.4. The Kier molecular flexibility index (Phi) is 5.41. The van der Waals surface area contributed by atoms with E-state index in [0.717, 1.165) is 16.9 Å². The molecular formula is C19H17ClN2O2. The van der Waals surface area contributed by atoms with Gasteiger partial charge in [-0.05, 0) is 40.9 Å². The Balaban J connectivity index is 1.65. The zero-order valence-corrected chi connectivity index (χ0v) is 13.7. The van der Waals surface area contributed by atoms with Crippen LogP contribution >= 0.6 is 11.6 Å². The van der Waals surface area contributed by atoms with Crippen molar-refractivity contribution in [1.82, 2.24) is 9.97 Å². The topological polar surface area (TPSA) is 55.2 Å². The van der Waals surface area contributed by atoms with Crippen LogP contribution in [0.5, 0.6) is 5.75 Å². The van der Waals surface area contributed by atoms with Gasteiger partial charge in [-0.2, -0.15) is 0 Å². The predicted octanol–water partition coefficient (Wildman–Crippen LogP) is 3.99. The minimum atomic E-state index is -0.684. The summed E-state index contributed by atoms with van der Waals surface area (Å²) in [6, 6.07) is 19.1. The molecule has 0 fully saturated rings. The second-order valence-electron chi connectivity index (χ2n) is 5.38. The lowest BCUT2D eigenvalue weighted by Gasteiger charge is -2.13. The molecule has 0 saturated carbocycles. The van der Waals surface area contributed by atoms with E-state index in [1.807, 2.05) is 54.6 Å². The van der Waals surface area contributed by atoms with Gasteiger partial charge in [0.15, 0.2) is 0 Å². The first-order valence-electron chi connectivity index (χ1n) is 7.63. The van der Waals surface area contributed by atoms with Gasteiger partial charge in [-0.3, -0.25) is 0 Å². The van der Waals surface area contributed by atoms with Crippen molar-refractivity contribution in [3.8, 4) is 5.75 Å². The molecule has 0 aliphatic rings. The molecule has 1 N–H and O–H groups in total. The van der Waals surface area contributed by atoms with Gasteiger partial charge in [0.2, 0.25) is 5.28 Å². The van der Waals surface area contributed by atoms with Crippen LogP contribution in [0.15, 0.2) is 66.9 Å². The Labute approximate surface area is 145 Å². The summed E-state index contributed by atoms with van der Waals surface area (Å²) in [5, 5.41) is 10.6. The van der Waals surface area contributed by atoms with Crippen LogP contribution in [0.3, 0.4) is 0 Å². The number of benzene rings is 2. The average Bonchev–Trinajstić information content (AvgIpc) is 2.61. The van der Waals surface area contributed by atoms with Crippen molar-refractivity contribution in [1.29, 1.82) is 0 Å². The zero-order valence-electron chi connectivity index (χ0n) is 13.0. The first kappa shape index (κ1) is 16.4. The Morgan fingerprint density at radius 1 is 1.04 bits per heavy atom. The number of aliphatic hydroxyl groups excluding tert-OH is 1. The standard InChI is InChI=1S/C19H17ClN2O2/c20-19-21-10-9-16(22-19)12-18(23)15-7-4-8-17(11-15)24-13-14-5-2-1-3-6-14/h1-11,18,23H,12-13H2. The molecule has 0 saturated heterocycles. The third-order valence-corrected chi connectivity index (χ3v) is 3.76. The Morgan fingerprint density at radius 2 is 1.88 bits per heavy atom. The first-order valence-corrected chi connectivity index (χ1v) is 8.01. The molecule has 1 unspecified atom stereocenters. The molecule has 0 bridgehead atoms. The molecule has 4 nitrogen and oxygen atoms in total. The van der Waals surface area contributed by atoms with Gasteiger partial charge in [-0.15, -0.1) is 0 Å². The second kappa shape index (κ2) is 7.90. The van der Waals surface area contributed by atoms with Gasteiger partial charge in [0.25, 0.3) is 0 Å². The molecule has 3 rings (SSSR count). The summed E-state index contributed by atoms with van der Waals surface area (Å²) in [5.74, 6) is 0.719. The molecule has 1 aromatic heterocycles. The van der Waals surface area contributed by atoms with E-state index in [9.17, 15) is 5.11 Å². The minimum absolute atomic E-state index is 0.180. The molecule has 24 heavy (non-hydrogen) atoms. The zero-order chi connectivity index (χ0) is 16.8. The normalized spacial score (nSPS) is 11.9. The summed E-state index contributed by atoms with van der Waals surface area (Å²) in [4.78, 5) is 7.94. The lowest BCUT2D eigenvalue weighted by atomic mass is 10.0. The largest absolute Gasteiger partial charge is 0.489 e. The summed E-state index contributed by atoms with van der Waals surface area (Å²) in [7, 11) is 0. The van der Waals surface area contributed by atoms with Crippen LogP contribution in [0, 0.1) is 0 Å². The monoisotopic (exact) mass is 340 g/mol. The van der Waals surface area contributed by atoms with E-state index < -0.39 is 6.10 Å². The van der Waals surface area contributed by atoms with E-state index in [1.54, 1.807) is 12.3 Å². The molecule has 5 heteroatoms. The highest BCUT2D eigenvalue weighted by Gasteiger charge is 2.11. The fourth-order valence-electron chi connectivity index (χ4n) is 2.35. The van der Waals surface area contributed by atoms with E-state index in [1.165, 1.54) is 0 Å². The molecule has 0 amide bonds. The van der Waals surface area contributed by atoms with Crippen LogP contribution in [0.4, 0.5) is 0 Å². The summed E-state index contributed by atoms with van der Waals surface area (Å²) in [6.07, 6.45) is 1.26. The molecule has 3 aromatic rings. The second-order valence-corrected chi connectivity index (χ2v) is 5.72. The summed E-state index contributed by atoms with van der Waals surface area (Å²) >= 11 is 5.78. The summed E-state index contributed by atoms with van der Waals surface area (Å²) in [5.41, 5.74) is 2.56. The van der Waals surface area contributed by atoms with Crippen LogP contribution in [-0.4, -0.2) is 15.1 Å². The van der Waals surface area contributed by atoms with E-state index in [4.69, 9.17) is 16.3 Å². The highest BCUT2D eigenvalue weighted by Crippen LogP contribution is 2.23. The van der Waals surface area contributed by atoms with Crippen molar-refractivity contribution in [2.75, 3.05) is 0 Å². The van der Waals surface area contributed by atoms with Crippen LogP contribution in [-0.2, 0) is 13.0 Å². The number of halogens is 1. The average molecular weight is 341 g/mol. The van der Waals surface area contributed by atoms with Crippen molar-refractivity contribution < 1.29 is 9.84 Å². The van der Waals surface area contributed by atoms with Crippen molar-refractivity contribution >= 4 is 11.6 Å². The molecule has 122 valence electrons. The van der Waals surface area contributed by atoms with Crippen LogP contribution in [0.25, 0.3) is 0 Å². The molecular weight excluding hydrogens is 324 g/mol.